The lowest BCUT2D eigenvalue weighted by molar-refractivity contribution is 0.542. The Labute approximate surface area is 42.1 Å². The molecule has 0 aromatic rings. The highest BCUT2D eigenvalue weighted by molar-refractivity contribution is 5.41. The minimum absolute atomic E-state index is 1.04. The Bertz CT molecular complexity index is 136. The van der Waals surface area contributed by atoms with Gasteiger partial charge in [0.25, 0.3) is 0 Å². The van der Waals surface area contributed by atoms with Gasteiger partial charge in [0.15, 0.2) is 0 Å². The van der Waals surface area contributed by atoms with Crippen molar-refractivity contribution in [1.29, 1.82) is 0 Å². The van der Waals surface area contributed by atoms with Gasteiger partial charge >= 0.3 is 0 Å². The largest absolute Gasteiger partial charge is 0.308 e. The smallest absolute Gasteiger partial charge is 0.0261 e. The summed E-state index contributed by atoms with van der Waals surface area (Å²) in [7, 11) is 0. The molecule has 4 aliphatic carbocycles. The Kier molecular flexibility index (Phi) is 0.145. The maximum atomic E-state index is 3.49. The molecule has 5 fully saturated rings. The van der Waals surface area contributed by atoms with E-state index in [0.29, 0.717) is 0 Å². The van der Waals surface area contributed by atoms with Crippen molar-refractivity contribution in [3.05, 3.63) is 0 Å². The first-order valence-corrected chi connectivity index (χ1v) is 3.24. The van der Waals surface area contributed by atoms with E-state index in [2.05, 4.69) is 5.32 Å². The average molecular weight is 93.1 g/mol. The summed E-state index contributed by atoms with van der Waals surface area (Å²) in [5, 5.41) is 3.49. The number of nitrogens with one attached hydrogen (secondary N) is 1. The summed E-state index contributed by atoms with van der Waals surface area (Å²) in [6.07, 6.45) is 0. The molecule has 1 nitrogen and oxygen atoms in total. The van der Waals surface area contributed by atoms with Gasteiger partial charge in [-0.3, -0.25) is 0 Å². The van der Waals surface area contributed by atoms with E-state index in [9.17, 15) is 0 Å². The molecule has 0 aromatic heterocycles. The summed E-state index contributed by atoms with van der Waals surface area (Å²) in [5.74, 6) is 4.93. The Morgan fingerprint density at radius 3 is 1.57 bits per heavy atom. The molecule has 36 valence electrons. The van der Waals surface area contributed by atoms with Gasteiger partial charge in [-0.15, -0.1) is 0 Å². The quantitative estimate of drug-likeness (QED) is 0.413. The predicted octanol–water partition coefficient (Wildman–Crippen LogP) is -0.168. The van der Waals surface area contributed by atoms with Crippen molar-refractivity contribution in [2.75, 3.05) is 0 Å². The molecule has 1 saturated heterocycles. The molecule has 0 aromatic carbocycles. The van der Waals surface area contributed by atoms with E-state index >= 15 is 0 Å². The van der Waals surface area contributed by atoms with Crippen LogP contribution in [0.1, 0.15) is 0 Å². The standard InChI is InChI=1S/C6H7N/c7-5-3-1-2(3)4(1)6(5)7/h1-7H. The fraction of sp³-hybridized carbons (Fsp3) is 1.00. The van der Waals surface area contributed by atoms with Crippen molar-refractivity contribution in [3.63, 3.8) is 0 Å². The fourth-order valence-electron chi connectivity index (χ4n) is 2.96. The highest BCUT2D eigenvalue weighted by atomic mass is 15.3. The van der Waals surface area contributed by atoms with Gasteiger partial charge in [-0.25, -0.2) is 0 Å². The van der Waals surface area contributed by atoms with Crippen molar-refractivity contribution in [2.45, 2.75) is 12.1 Å². The first-order valence-electron chi connectivity index (χ1n) is 3.24. The summed E-state index contributed by atoms with van der Waals surface area (Å²) in [5.41, 5.74) is 0. The lowest BCUT2D eigenvalue weighted by atomic mass is 10.2. The van der Waals surface area contributed by atoms with Gasteiger partial charge in [0.1, 0.15) is 0 Å². The monoisotopic (exact) mass is 93.1 g/mol. The summed E-state index contributed by atoms with van der Waals surface area (Å²) in [4.78, 5) is 0. The van der Waals surface area contributed by atoms with E-state index < -0.39 is 0 Å². The van der Waals surface area contributed by atoms with Crippen LogP contribution in [-0.4, -0.2) is 12.1 Å². The van der Waals surface area contributed by atoms with Gasteiger partial charge in [0, 0.05) is 12.1 Å². The van der Waals surface area contributed by atoms with Crippen LogP contribution in [0.4, 0.5) is 0 Å². The SMILES string of the molecule is N1C2C1C1C3C2C13. The van der Waals surface area contributed by atoms with E-state index in [0.717, 1.165) is 12.1 Å². The third kappa shape index (κ3) is 0.104. The first-order chi connectivity index (χ1) is 3.48. The molecule has 4 saturated carbocycles. The molecule has 0 radical (unpaired) electrons. The van der Waals surface area contributed by atoms with Crippen LogP contribution in [0.5, 0.6) is 0 Å². The van der Waals surface area contributed by atoms with E-state index in [-0.39, 0.29) is 0 Å². The van der Waals surface area contributed by atoms with Crippen LogP contribution in [0.3, 0.4) is 0 Å². The summed E-state index contributed by atoms with van der Waals surface area (Å²) in [6.45, 7) is 0. The van der Waals surface area contributed by atoms with Crippen LogP contribution >= 0.6 is 0 Å². The van der Waals surface area contributed by atoms with Crippen LogP contribution in [-0.2, 0) is 0 Å². The van der Waals surface area contributed by atoms with Crippen molar-refractivity contribution >= 4 is 0 Å². The third-order valence-electron chi connectivity index (χ3n) is 3.43. The Morgan fingerprint density at radius 1 is 0.714 bits per heavy atom. The molecule has 2 unspecified atom stereocenters. The first kappa shape index (κ1) is 2.49. The second-order valence-corrected chi connectivity index (χ2v) is 3.53. The molecule has 0 amide bonds. The van der Waals surface area contributed by atoms with Crippen molar-refractivity contribution in [1.82, 2.24) is 5.32 Å². The fourth-order valence-corrected chi connectivity index (χ4v) is 2.96. The van der Waals surface area contributed by atoms with Gasteiger partial charge in [-0.1, -0.05) is 0 Å². The zero-order chi connectivity index (χ0) is 4.17. The minimum atomic E-state index is 1.04. The van der Waals surface area contributed by atoms with Crippen LogP contribution in [0.15, 0.2) is 0 Å². The van der Waals surface area contributed by atoms with Gasteiger partial charge in [0.05, 0.1) is 0 Å². The normalized spacial score (nSPS) is 96.0. The summed E-state index contributed by atoms with van der Waals surface area (Å²) in [6, 6.07) is 2.08. The van der Waals surface area contributed by atoms with Crippen molar-refractivity contribution in [3.8, 4) is 0 Å². The molecule has 0 spiro atoms. The van der Waals surface area contributed by atoms with Crippen LogP contribution in [0.25, 0.3) is 0 Å². The molecule has 2 bridgehead atoms. The Morgan fingerprint density at radius 2 is 1.29 bits per heavy atom. The topological polar surface area (TPSA) is 21.9 Å². The van der Waals surface area contributed by atoms with E-state index in [1.165, 1.54) is 23.7 Å². The van der Waals surface area contributed by atoms with Crippen LogP contribution in [0.2, 0.25) is 0 Å². The minimum Gasteiger partial charge on any atom is -0.308 e. The van der Waals surface area contributed by atoms with E-state index in [4.69, 9.17) is 0 Å². The third-order valence-corrected chi connectivity index (χ3v) is 3.43. The molecule has 7 heavy (non-hydrogen) atoms. The zero-order valence-electron chi connectivity index (χ0n) is 3.96. The molecular weight excluding hydrogens is 86.1 g/mol. The Hall–Kier alpha value is -0.0400. The lowest BCUT2D eigenvalue weighted by Gasteiger charge is -1.95. The molecule has 5 aliphatic rings. The van der Waals surface area contributed by atoms with Gasteiger partial charge in [-0.05, 0) is 23.7 Å². The van der Waals surface area contributed by atoms with Gasteiger partial charge in [-0.2, -0.15) is 0 Å². The van der Waals surface area contributed by atoms with Crippen molar-refractivity contribution < 1.29 is 0 Å². The second kappa shape index (κ2) is 0.408. The average Bonchev–Trinajstić information content (AvgIpc) is 2.43. The summed E-state index contributed by atoms with van der Waals surface area (Å²) < 4.78 is 0. The molecule has 1 heterocycles. The maximum Gasteiger partial charge on any atom is 0.0261 e. The van der Waals surface area contributed by atoms with E-state index in [1.807, 2.05) is 0 Å². The molecule has 1 heteroatoms. The number of rotatable bonds is 0. The highest BCUT2D eigenvalue weighted by Gasteiger charge is 2.89. The molecule has 5 rings (SSSR count). The molecule has 1 N–H and O–H groups in total. The lowest BCUT2D eigenvalue weighted by Crippen LogP contribution is -2.05. The second-order valence-electron chi connectivity index (χ2n) is 3.53. The number of hydrogen-bond acceptors (Lipinski definition) is 1. The van der Waals surface area contributed by atoms with Crippen LogP contribution in [0, 0.1) is 23.7 Å². The zero-order valence-corrected chi connectivity index (χ0v) is 3.96. The molecule has 1 aliphatic heterocycles. The predicted molar refractivity (Wildman–Crippen MR) is 24.7 cm³/mol. The van der Waals surface area contributed by atoms with Gasteiger partial charge in [0.2, 0.25) is 0 Å². The number of hydrogen-bond donors (Lipinski definition) is 1. The van der Waals surface area contributed by atoms with Gasteiger partial charge < -0.3 is 5.32 Å². The summed E-state index contributed by atoms with van der Waals surface area (Å²) >= 11 is 0. The molecule has 2 atom stereocenters. The van der Waals surface area contributed by atoms with E-state index in [1.54, 1.807) is 0 Å². The maximum absolute atomic E-state index is 3.49. The van der Waals surface area contributed by atoms with Crippen LogP contribution < -0.4 is 5.32 Å². The highest BCUT2D eigenvalue weighted by Crippen LogP contribution is 2.85. The number of piperidine rings is 2. The Balaban J connectivity index is 2.09. The molecular formula is C6H7N. The van der Waals surface area contributed by atoms with Crippen molar-refractivity contribution in [2.24, 2.45) is 23.7 Å².